The number of carbonyl (C=O) groups excluding carboxylic acids is 1. The second-order valence-corrected chi connectivity index (χ2v) is 4.35. The Morgan fingerprint density at radius 3 is 3.06 bits per heavy atom. The van der Waals surface area contributed by atoms with E-state index in [0.29, 0.717) is 25.0 Å². The van der Waals surface area contributed by atoms with Gasteiger partial charge in [0.15, 0.2) is 0 Å². The van der Waals surface area contributed by atoms with Crippen LogP contribution in [0, 0.1) is 0 Å². The summed E-state index contributed by atoms with van der Waals surface area (Å²) in [5.41, 5.74) is 0.190. The van der Waals surface area contributed by atoms with Crippen LogP contribution in [0.1, 0.15) is 28.8 Å². The van der Waals surface area contributed by atoms with E-state index in [1.54, 1.807) is 18.2 Å². The first-order valence-corrected chi connectivity index (χ1v) is 5.53. The minimum atomic E-state index is -1.26. The second-order valence-electron chi connectivity index (χ2n) is 4.35. The van der Waals surface area contributed by atoms with Crippen molar-refractivity contribution in [3.05, 3.63) is 35.4 Å². The molecular weight excluding hydrogens is 207 g/mol. The zero-order chi connectivity index (χ0) is 11.4. The Bertz CT molecular complexity index is 370. The number of aldehydes is 1. The van der Waals surface area contributed by atoms with Crippen molar-refractivity contribution in [3.63, 3.8) is 0 Å². The van der Waals surface area contributed by atoms with Gasteiger partial charge in [0, 0.05) is 18.6 Å². The molecule has 1 aromatic rings. The zero-order valence-electron chi connectivity index (χ0n) is 9.12. The maximum atomic E-state index is 14.3. The number of benzene rings is 1. The lowest BCUT2D eigenvalue weighted by Crippen LogP contribution is -2.36. The van der Waals surface area contributed by atoms with Crippen LogP contribution in [0.25, 0.3) is 0 Å². The number of carbonyl (C=O) groups is 1. The number of ether oxygens (including phenoxy) is 1. The average molecular weight is 222 g/mol. The quantitative estimate of drug-likeness (QED) is 0.735. The number of rotatable bonds is 3. The monoisotopic (exact) mass is 222 g/mol. The van der Waals surface area contributed by atoms with Crippen LogP contribution < -0.4 is 0 Å². The molecule has 1 heterocycles. The summed E-state index contributed by atoms with van der Waals surface area (Å²) in [5.74, 6) is 0. The van der Waals surface area contributed by atoms with Crippen LogP contribution in [0.15, 0.2) is 24.3 Å². The normalized spacial score (nSPS) is 25.3. The van der Waals surface area contributed by atoms with Crippen LogP contribution in [-0.2, 0) is 11.2 Å². The van der Waals surface area contributed by atoms with Crippen LogP contribution in [0.3, 0.4) is 0 Å². The lowest BCUT2D eigenvalue weighted by molar-refractivity contribution is -0.0308. The third-order valence-electron chi connectivity index (χ3n) is 2.88. The summed E-state index contributed by atoms with van der Waals surface area (Å²) >= 11 is 0. The van der Waals surface area contributed by atoms with E-state index >= 15 is 0 Å². The minimum Gasteiger partial charge on any atom is -0.378 e. The Balaban J connectivity index is 2.09. The molecule has 1 aliphatic heterocycles. The molecule has 1 fully saturated rings. The SMILES string of the molecule is O=Cc1cccc(CC2(F)CCCOC2)c1. The highest BCUT2D eigenvalue weighted by molar-refractivity contribution is 5.74. The Morgan fingerprint density at radius 2 is 2.38 bits per heavy atom. The van der Waals surface area contributed by atoms with E-state index in [2.05, 4.69) is 0 Å². The van der Waals surface area contributed by atoms with E-state index in [0.717, 1.165) is 18.3 Å². The lowest BCUT2D eigenvalue weighted by Gasteiger charge is -2.29. The predicted molar refractivity (Wildman–Crippen MR) is 59.4 cm³/mol. The highest BCUT2D eigenvalue weighted by Gasteiger charge is 2.32. The van der Waals surface area contributed by atoms with Gasteiger partial charge >= 0.3 is 0 Å². The van der Waals surface area contributed by atoms with Gasteiger partial charge in [-0.3, -0.25) is 4.79 Å². The van der Waals surface area contributed by atoms with Gasteiger partial charge in [-0.15, -0.1) is 0 Å². The van der Waals surface area contributed by atoms with Crippen molar-refractivity contribution in [3.8, 4) is 0 Å². The molecule has 1 unspecified atom stereocenters. The molecule has 0 spiro atoms. The van der Waals surface area contributed by atoms with Gasteiger partial charge in [-0.05, 0) is 24.5 Å². The van der Waals surface area contributed by atoms with E-state index < -0.39 is 5.67 Å². The van der Waals surface area contributed by atoms with Gasteiger partial charge in [0.25, 0.3) is 0 Å². The fraction of sp³-hybridized carbons (Fsp3) is 0.462. The predicted octanol–water partition coefficient (Wildman–Crippen LogP) is 2.56. The fourth-order valence-corrected chi connectivity index (χ4v) is 2.10. The summed E-state index contributed by atoms with van der Waals surface area (Å²) in [6, 6.07) is 7.09. The van der Waals surface area contributed by atoms with Crippen molar-refractivity contribution in [1.29, 1.82) is 0 Å². The third-order valence-corrected chi connectivity index (χ3v) is 2.88. The second kappa shape index (κ2) is 4.74. The van der Waals surface area contributed by atoms with Crippen LogP contribution in [-0.4, -0.2) is 25.2 Å². The van der Waals surface area contributed by atoms with Crippen LogP contribution in [0.2, 0.25) is 0 Å². The third kappa shape index (κ3) is 2.67. The number of hydrogen-bond acceptors (Lipinski definition) is 2. The first kappa shape index (κ1) is 11.3. The Labute approximate surface area is 94.4 Å². The molecule has 16 heavy (non-hydrogen) atoms. The van der Waals surface area contributed by atoms with Crippen LogP contribution in [0.4, 0.5) is 4.39 Å². The van der Waals surface area contributed by atoms with Crippen molar-refractivity contribution < 1.29 is 13.9 Å². The molecule has 0 amide bonds. The molecule has 0 aromatic heterocycles. The van der Waals surface area contributed by atoms with Gasteiger partial charge in [-0.2, -0.15) is 0 Å². The maximum Gasteiger partial charge on any atom is 0.150 e. The first-order chi connectivity index (χ1) is 7.72. The van der Waals surface area contributed by atoms with Gasteiger partial charge in [0.2, 0.25) is 0 Å². The topological polar surface area (TPSA) is 26.3 Å². The molecular formula is C13H15FO2. The molecule has 2 nitrogen and oxygen atoms in total. The van der Waals surface area contributed by atoms with Gasteiger partial charge in [0.1, 0.15) is 12.0 Å². The van der Waals surface area contributed by atoms with Crippen molar-refractivity contribution in [2.75, 3.05) is 13.2 Å². The fourth-order valence-electron chi connectivity index (χ4n) is 2.10. The molecule has 0 saturated carbocycles. The number of halogens is 1. The molecule has 1 atom stereocenters. The molecule has 0 N–H and O–H groups in total. The summed E-state index contributed by atoms with van der Waals surface area (Å²) in [6.45, 7) is 0.818. The van der Waals surface area contributed by atoms with Crippen LogP contribution >= 0.6 is 0 Å². The largest absolute Gasteiger partial charge is 0.378 e. The molecule has 0 aliphatic carbocycles. The Kier molecular flexibility index (Phi) is 3.34. The van der Waals surface area contributed by atoms with Crippen molar-refractivity contribution in [2.24, 2.45) is 0 Å². The zero-order valence-corrected chi connectivity index (χ0v) is 9.12. The summed E-state index contributed by atoms with van der Waals surface area (Å²) < 4.78 is 19.4. The highest BCUT2D eigenvalue weighted by atomic mass is 19.1. The summed E-state index contributed by atoms with van der Waals surface area (Å²) in [5, 5.41) is 0. The van der Waals surface area contributed by atoms with E-state index in [-0.39, 0.29) is 6.61 Å². The van der Waals surface area contributed by atoms with Crippen molar-refractivity contribution in [2.45, 2.75) is 24.9 Å². The molecule has 1 saturated heterocycles. The first-order valence-electron chi connectivity index (χ1n) is 5.53. The van der Waals surface area contributed by atoms with Crippen molar-refractivity contribution in [1.82, 2.24) is 0 Å². The molecule has 3 heteroatoms. The van der Waals surface area contributed by atoms with Crippen LogP contribution in [0.5, 0.6) is 0 Å². The van der Waals surface area contributed by atoms with Crippen molar-refractivity contribution >= 4 is 6.29 Å². The van der Waals surface area contributed by atoms with E-state index in [1.807, 2.05) is 6.07 Å². The van der Waals surface area contributed by atoms with Gasteiger partial charge in [-0.25, -0.2) is 4.39 Å². The highest BCUT2D eigenvalue weighted by Crippen LogP contribution is 2.27. The number of alkyl halides is 1. The van der Waals surface area contributed by atoms with Gasteiger partial charge in [-0.1, -0.05) is 18.2 Å². The summed E-state index contributed by atoms with van der Waals surface area (Å²) in [4.78, 5) is 10.6. The standard InChI is InChI=1S/C13H15FO2/c14-13(5-2-6-16-10-13)8-11-3-1-4-12(7-11)9-15/h1,3-4,7,9H,2,5-6,8,10H2. The molecule has 86 valence electrons. The molecule has 1 aliphatic rings. The Hall–Kier alpha value is -1.22. The summed E-state index contributed by atoms with van der Waals surface area (Å²) in [7, 11) is 0. The van der Waals surface area contributed by atoms with E-state index in [9.17, 15) is 9.18 Å². The molecule has 0 radical (unpaired) electrons. The van der Waals surface area contributed by atoms with E-state index in [4.69, 9.17) is 4.74 Å². The smallest absolute Gasteiger partial charge is 0.150 e. The molecule has 2 rings (SSSR count). The molecule has 1 aromatic carbocycles. The number of hydrogen-bond donors (Lipinski definition) is 0. The van der Waals surface area contributed by atoms with Gasteiger partial charge in [0.05, 0.1) is 6.61 Å². The minimum absolute atomic E-state index is 0.165. The Morgan fingerprint density at radius 1 is 1.50 bits per heavy atom. The lowest BCUT2D eigenvalue weighted by atomic mass is 9.90. The van der Waals surface area contributed by atoms with Gasteiger partial charge < -0.3 is 4.74 Å². The summed E-state index contributed by atoms with van der Waals surface area (Å²) in [6.07, 6.45) is 2.42. The average Bonchev–Trinajstić information content (AvgIpc) is 2.29. The molecule has 0 bridgehead atoms. The van der Waals surface area contributed by atoms with E-state index in [1.165, 1.54) is 0 Å². The maximum absolute atomic E-state index is 14.3.